The van der Waals surface area contributed by atoms with E-state index in [0.717, 1.165) is 5.82 Å². The van der Waals surface area contributed by atoms with Gasteiger partial charge in [0.2, 0.25) is 0 Å². The highest BCUT2D eigenvalue weighted by molar-refractivity contribution is 5.93. The van der Waals surface area contributed by atoms with Crippen molar-refractivity contribution in [2.45, 2.75) is 44.9 Å². The standard InChI is InChI=1S/C20H26N6O3/c1-3-24(4-2)18(28)16-14-26-12-9-21-19(26)20(29-16)6-10-25(11-7-20)17(27)15-5-8-22-23-13-15/h5,8-9,12-13,16H,3-4,6-7,10-11,14H2,1-2H3/t16-/m1/s1. The first-order valence-electron chi connectivity index (χ1n) is 10.1. The van der Waals surface area contributed by atoms with Crippen LogP contribution in [0.25, 0.3) is 0 Å². The van der Waals surface area contributed by atoms with Gasteiger partial charge in [0.05, 0.1) is 24.5 Å². The third-order valence-corrected chi connectivity index (χ3v) is 5.89. The number of aromatic nitrogens is 4. The fourth-order valence-electron chi connectivity index (χ4n) is 4.28. The van der Waals surface area contributed by atoms with Crippen LogP contribution in [0.2, 0.25) is 0 Å². The predicted molar refractivity (Wildman–Crippen MR) is 104 cm³/mol. The third-order valence-electron chi connectivity index (χ3n) is 5.89. The summed E-state index contributed by atoms with van der Waals surface area (Å²) in [6.45, 7) is 6.78. The molecule has 1 atom stereocenters. The molecule has 0 unspecified atom stereocenters. The number of fused-ring (bicyclic) bond motifs is 2. The summed E-state index contributed by atoms with van der Waals surface area (Å²) in [6.07, 6.45) is 7.31. The van der Waals surface area contributed by atoms with E-state index in [-0.39, 0.29) is 11.8 Å². The Balaban J connectivity index is 1.53. The zero-order valence-electron chi connectivity index (χ0n) is 16.8. The van der Waals surface area contributed by atoms with E-state index in [9.17, 15) is 9.59 Å². The van der Waals surface area contributed by atoms with E-state index >= 15 is 0 Å². The van der Waals surface area contributed by atoms with Crippen molar-refractivity contribution in [1.29, 1.82) is 0 Å². The first-order chi connectivity index (χ1) is 14.1. The molecule has 9 heteroatoms. The van der Waals surface area contributed by atoms with Crippen LogP contribution in [-0.4, -0.2) is 73.6 Å². The number of nitrogens with zero attached hydrogens (tertiary/aromatic N) is 6. The Bertz CT molecular complexity index is 871. The maximum Gasteiger partial charge on any atom is 0.255 e. The van der Waals surface area contributed by atoms with Crippen LogP contribution >= 0.6 is 0 Å². The number of imidazole rings is 1. The van der Waals surface area contributed by atoms with Gasteiger partial charge in [0.25, 0.3) is 11.8 Å². The van der Waals surface area contributed by atoms with Gasteiger partial charge in [-0.3, -0.25) is 9.59 Å². The van der Waals surface area contributed by atoms with Crippen molar-refractivity contribution in [1.82, 2.24) is 29.5 Å². The second-order valence-electron chi connectivity index (χ2n) is 7.44. The Morgan fingerprint density at radius 3 is 2.62 bits per heavy atom. The summed E-state index contributed by atoms with van der Waals surface area (Å²) in [6, 6.07) is 1.67. The number of rotatable bonds is 4. The Morgan fingerprint density at radius 1 is 1.21 bits per heavy atom. The summed E-state index contributed by atoms with van der Waals surface area (Å²) in [4.78, 5) is 33.8. The molecular formula is C20H26N6O3. The molecule has 9 nitrogen and oxygen atoms in total. The number of amides is 2. The van der Waals surface area contributed by atoms with Crippen molar-refractivity contribution >= 4 is 11.8 Å². The number of piperidine rings is 1. The summed E-state index contributed by atoms with van der Waals surface area (Å²) in [5.41, 5.74) is -0.126. The van der Waals surface area contributed by atoms with Gasteiger partial charge < -0.3 is 19.1 Å². The minimum absolute atomic E-state index is 0.00934. The minimum atomic E-state index is -0.650. The lowest BCUT2D eigenvalue weighted by Crippen LogP contribution is -2.55. The van der Waals surface area contributed by atoms with E-state index < -0.39 is 11.7 Å². The maximum absolute atomic E-state index is 13.0. The number of carbonyl (C=O) groups excluding carboxylic acids is 2. The Morgan fingerprint density at radius 2 is 1.97 bits per heavy atom. The number of carbonyl (C=O) groups is 2. The topological polar surface area (TPSA) is 93.5 Å². The van der Waals surface area contributed by atoms with Gasteiger partial charge in [0.1, 0.15) is 11.4 Å². The van der Waals surface area contributed by atoms with Crippen molar-refractivity contribution in [3.05, 3.63) is 42.2 Å². The van der Waals surface area contributed by atoms with Gasteiger partial charge in [-0.2, -0.15) is 10.2 Å². The first kappa shape index (κ1) is 19.5. The molecule has 29 heavy (non-hydrogen) atoms. The van der Waals surface area contributed by atoms with Crippen LogP contribution in [0, 0.1) is 0 Å². The van der Waals surface area contributed by atoms with Gasteiger partial charge in [0.15, 0.2) is 6.10 Å². The second-order valence-corrected chi connectivity index (χ2v) is 7.44. The second kappa shape index (κ2) is 7.90. The molecule has 0 radical (unpaired) electrons. The van der Waals surface area contributed by atoms with Gasteiger partial charge in [0, 0.05) is 51.4 Å². The Labute approximate surface area is 169 Å². The highest BCUT2D eigenvalue weighted by Gasteiger charge is 2.48. The van der Waals surface area contributed by atoms with Gasteiger partial charge in [-0.1, -0.05) is 0 Å². The monoisotopic (exact) mass is 398 g/mol. The highest BCUT2D eigenvalue weighted by Crippen LogP contribution is 2.40. The van der Waals surface area contributed by atoms with E-state index in [0.29, 0.717) is 51.1 Å². The Kier molecular flexibility index (Phi) is 5.31. The molecular weight excluding hydrogens is 372 g/mol. The minimum Gasteiger partial charge on any atom is -0.352 e. The molecule has 1 fully saturated rings. The van der Waals surface area contributed by atoms with Crippen LogP contribution in [-0.2, 0) is 21.7 Å². The molecule has 0 aromatic carbocycles. The lowest BCUT2D eigenvalue weighted by atomic mass is 9.88. The smallest absolute Gasteiger partial charge is 0.255 e. The van der Waals surface area contributed by atoms with Crippen molar-refractivity contribution < 1.29 is 14.3 Å². The molecule has 2 aliphatic rings. The number of ether oxygens (including phenoxy) is 1. The molecule has 2 aliphatic heterocycles. The van der Waals surface area contributed by atoms with Crippen molar-refractivity contribution in [3.63, 3.8) is 0 Å². The van der Waals surface area contributed by atoms with Gasteiger partial charge in [-0.15, -0.1) is 0 Å². The zero-order valence-corrected chi connectivity index (χ0v) is 16.8. The van der Waals surface area contributed by atoms with Crippen LogP contribution in [0.15, 0.2) is 30.9 Å². The number of hydrogen-bond donors (Lipinski definition) is 0. The zero-order chi connectivity index (χ0) is 20.4. The largest absolute Gasteiger partial charge is 0.352 e. The third kappa shape index (κ3) is 3.50. The number of likely N-dealkylation sites (N-methyl/N-ethyl adjacent to an activating group) is 1. The lowest BCUT2D eigenvalue weighted by Gasteiger charge is -2.46. The molecule has 1 saturated heterocycles. The average molecular weight is 398 g/mol. The molecule has 2 amide bonds. The summed E-state index contributed by atoms with van der Waals surface area (Å²) >= 11 is 0. The van der Waals surface area contributed by atoms with E-state index in [1.54, 1.807) is 22.1 Å². The van der Waals surface area contributed by atoms with E-state index in [2.05, 4.69) is 15.2 Å². The fourth-order valence-corrected chi connectivity index (χ4v) is 4.28. The molecule has 2 aromatic heterocycles. The van der Waals surface area contributed by atoms with E-state index in [1.165, 1.54) is 12.4 Å². The SMILES string of the molecule is CCN(CC)C(=O)[C@H]1Cn2ccnc2C2(CCN(C(=O)c3ccnnc3)CC2)O1. The van der Waals surface area contributed by atoms with Crippen molar-refractivity contribution in [2.75, 3.05) is 26.2 Å². The molecule has 4 heterocycles. The first-order valence-corrected chi connectivity index (χ1v) is 10.1. The van der Waals surface area contributed by atoms with Crippen molar-refractivity contribution in [2.24, 2.45) is 0 Å². The van der Waals surface area contributed by atoms with Crippen LogP contribution in [0.5, 0.6) is 0 Å². The molecule has 2 aromatic rings. The average Bonchev–Trinajstić information content (AvgIpc) is 3.25. The van der Waals surface area contributed by atoms with Gasteiger partial charge in [-0.05, 0) is 19.9 Å². The fraction of sp³-hybridized carbons (Fsp3) is 0.550. The van der Waals surface area contributed by atoms with E-state index in [1.807, 2.05) is 24.6 Å². The maximum atomic E-state index is 13.0. The molecule has 4 rings (SSSR count). The Hall–Kier alpha value is -2.81. The summed E-state index contributed by atoms with van der Waals surface area (Å²) in [5, 5.41) is 7.52. The highest BCUT2D eigenvalue weighted by atomic mass is 16.5. The van der Waals surface area contributed by atoms with Crippen LogP contribution in [0.4, 0.5) is 0 Å². The number of likely N-dealkylation sites (tertiary alicyclic amines) is 1. The molecule has 154 valence electrons. The molecule has 0 N–H and O–H groups in total. The lowest BCUT2D eigenvalue weighted by molar-refractivity contribution is -0.179. The van der Waals surface area contributed by atoms with Crippen LogP contribution in [0.3, 0.4) is 0 Å². The predicted octanol–water partition coefficient (Wildman–Crippen LogP) is 1.07. The van der Waals surface area contributed by atoms with Gasteiger partial charge in [-0.25, -0.2) is 4.98 Å². The van der Waals surface area contributed by atoms with Crippen LogP contribution in [0.1, 0.15) is 42.9 Å². The normalized spacial score (nSPS) is 20.3. The molecule has 0 bridgehead atoms. The summed E-state index contributed by atoms with van der Waals surface area (Å²) < 4.78 is 8.47. The number of hydrogen-bond acceptors (Lipinski definition) is 6. The molecule has 0 saturated carbocycles. The van der Waals surface area contributed by atoms with E-state index in [4.69, 9.17) is 4.74 Å². The molecule has 1 spiro atoms. The van der Waals surface area contributed by atoms with Crippen LogP contribution < -0.4 is 0 Å². The summed E-state index contributed by atoms with van der Waals surface area (Å²) in [5.74, 6) is 0.790. The van der Waals surface area contributed by atoms with Crippen molar-refractivity contribution in [3.8, 4) is 0 Å². The quantitative estimate of drug-likeness (QED) is 0.765. The summed E-state index contributed by atoms with van der Waals surface area (Å²) in [7, 11) is 0. The molecule has 0 aliphatic carbocycles. The van der Waals surface area contributed by atoms with Gasteiger partial charge >= 0.3 is 0 Å².